The minimum atomic E-state index is -0.0810. The van der Waals surface area contributed by atoms with Crippen molar-refractivity contribution in [2.45, 2.75) is 26.3 Å². The first-order valence-electron chi connectivity index (χ1n) is 5.30. The van der Waals surface area contributed by atoms with Gasteiger partial charge in [-0.2, -0.15) is 0 Å². The summed E-state index contributed by atoms with van der Waals surface area (Å²) in [4.78, 5) is 15.1. The molecule has 2 N–H and O–H groups in total. The van der Waals surface area contributed by atoms with E-state index in [0.29, 0.717) is 6.54 Å². The summed E-state index contributed by atoms with van der Waals surface area (Å²) in [5.41, 5.74) is 0. The van der Waals surface area contributed by atoms with Gasteiger partial charge in [0.2, 0.25) is 0 Å². The average molecular weight is 210 g/mol. The van der Waals surface area contributed by atoms with Crippen molar-refractivity contribution < 1.29 is 4.79 Å². The number of aromatic nitrogens is 2. The number of rotatable bonds is 6. The van der Waals surface area contributed by atoms with E-state index in [-0.39, 0.29) is 6.03 Å². The average Bonchev–Trinajstić information content (AvgIpc) is 2.74. The molecule has 0 saturated carbocycles. The summed E-state index contributed by atoms with van der Waals surface area (Å²) in [6, 6.07) is -0.0810. The topological polar surface area (TPSA) is 59.0 Å². The quantitative estimate of drug-likeness (QED) is 0.688. The van der Waals surface area contributed by atoms with Crippen LogP contribution in [0.3, 0.4) is 0 Å². The molecule has 84 valence electrons. The summed E-state index contributed by atoms with van der Waals surface area (Å²) in [6.07, 6.45) is 7.31. The summed E-state index contributed by atoms with van der Waals surface area (Å²) >= 11 is 0. The molecule has 0 bridgehead atoms. The molecule has 0 saturated heterocycles. The van der Waals surface area contributed by atoms with E-state index in [1.165, 1.54) is 0 Å². The lowest BCUT2D eigenvalue weighted by Crippen LogP contribution is -2.36. The lowest BCUT2D eigenvalue weighted by Gasteiger charge is -2.06. The second-order valence-corrected chi connectivity index (χ2v) is 3.34. The molecule has 1 rings (SSSR count). The smallest absolute Gasteiger partial charge is 0.314 e. The van der Waals surface area contributed by atoms with Crippen LogP contribution in [0.1, 0.15) is 19.8 Å². The molecule has 0 aromatic carbocycles. The Hall–Kier alpha value is -1.52. The van der Waals surface area contributed by atoms with Crippen molar-refractivity contribution in [2.75, 3.05) is 13.1 Å². The highest BCUT2D eigenvalue weighted by Gasteiger charge is 1.96. The molecule has 1 aromatic heterocycles. The van der Waals surface area contributed by atoms with E-state index in [0.717, 1.165) is 25.9 Å². The number of carbonyl (C=O) groups excluding carboxylic acids is 1. The Kier molecular flexibility index (Phi) is 5.29. The van der Waals surface area contributed by atoms with Gasteiger partial charge in [-0.25, -0.2) is 9.78 Å². The summed E-state index contributed by atoms with van der Waals surface area (Å²) in [7, 11) is 0. The number of hydrogen-bond donors (Lipinski definition) is 2. The van der Waals surface area contributed by atoms with E-state index in [9.17, 15) is 4.79 Å². The predicted octanol–water partition coefficient (Wildman–Crippen LogP) is 0.982. The molecule has 1 heterocycles. The number of imidazole rings is 1. The highest BCUT2D eigenvalue weighted by molar-refractivity contribution is 5.73. The van der Waals surface area contributed by atoms with Gasteiger partial charge in [0.05, 0.1) is 6.33 Å². The molecular weight excluding hydrogens is 192 g/mol. The number of amides is 2. The predicted molar refractivity (Wildman–Crippen MR) is 58.5 cm³/mol. The van der Waals surface area contributed by atoms with Gasteiger partial charge in [-0.05, 0) is 12.8 Å². The molecule has 0 aliphatic rings. The number of aryl methyl sites for hydroxylation is 1. The highest BCUT2D eigenvalue weighted by atomic mass is 16.2. The van der Waals surface area contributed by atoms with Crippen molar-refractivity contribution in [2.24, 2.45) is 0 Å². The lowest BCUT2D eigenvalue weighted by atomic mass is 10.4. The zero-order valence-corrected chi connectivity index (χ0v) is 9.07. The van der Waals surface area contributed by atoms with Crippen LogP contribution in [-0.2, 0) is 6.54 Å². The van der Waals surface area contributed by atoms with Gasteiger partial charge in [-0.1, -0.05) is 6.92 Å². The molecule has 0 radical (unpaired) electrons. The highest BCUT2D eigenvalue weighted by Crippen LogP contribution is 1.88. The normalized spacial score (nSPS) is 9.93. The molecule has 0 aliphatic carbocycles. The van der Waals surface area contributed by atoms with E-state index in [1.807, 2.05) is 17.7 Å². The van der Waals surface area contributed by atoms with Gasteiger partial charge >= 0.3 is 6.03 Å². The van der Waals surface area contributed by atoms with E-state index >= 15 is 0 Å². The van der Waals surface area contributed by atoms with Crippen molar-refractivity contribution in [1.29, 1.82) is 0 Å². The zero-order chi connectivity index (χ0) is 10.9. The molecule has 0 unspecified atom stereocenters. The molecule has 1 aromatic rings. The van der Waals surface area contributed by atoms with Gasteiger partial charge in [0.1, 0.15) is 0 Å². The zero-order valence-electron chi connectivity index (χ0n) is 9.07. The molecule has 5 nitrogen and oxygen atoms in total. The second kappa shape index (κ2) is 6.86. The van der Waals surface area contributed by atoms with Crippen LogP contribution in [0.5, 0.6) is 0 Å². The Morgan fingerprint density at radius 1 is 1.40 bits per heavy atom. The summed E-state index contributed by atoms with van der Waals surface area (Å²) < 4.78 is 1.99. The first-order valence-corrected chi connectivity index (χ1v) is 5.30. The largest absolute Gasteiger partial charge is 0.338 e. The molecule has 0 spiro atoms. The molecule has 2 amide bonds. The lowest BCUT2D eigenvalue weighted by molar-refractivity contribution is 0.240. The van der Waals surface area contributed by atoms with Crippen LogP contribution in [0.15, 0.2) is 18.7 Å². The summed E-state index contributed by atoms with van der Waals surface area (Å²) in [5.74, 6) is 0. The van der Waals surface area contributed by atoms with Gasteiger partial charge in [-0.3, -0.25) is 0 Å². The summed E-state index contributed by atoms with van der Waals surface area (Å²) in [5, 5.41) is 5.55. The number of carbonyl (C=O) groups is 1. The number of urea groups is 1. The van der Waals surface area contributed by atoms with E-state index in [4.69, 9.17) is 0 Å². The molecule has 0 aliphatic heterocycles. The Labute approximate surface area is 89.9 Å². The number of nitrogens with zero attached hydrogens (tertiary/aromatic N) is 2. The third-order valence-corrected chi connectivity index (χ3v) is 1.97. The SMILES string of the molecule is CCCNC(=O)NCCCn1ccnc1. The Balaban J connectivity index is 1.99. The van der Waals surface area contributed by atoms with Gasteiger partial charge < -0.3 is 15.2 Å². The van der Waals surface area contributed by atoms with Crippen molar-refractivity contribution in [3.05, 3.63) is 18.7 Å². The Morgan fingerprint density at radius 3 is 2.87 bits per heavy atom. The van der Waals surface area contributed by atoms with Crippen LogP contribution in [0.2, 0.25) is 0 Å². The fourth-order valence-corrected chi connectivity index (χ4v) is 1.18. The van der Waals surface area contributed by atoms with Crippen LogP contribution in [0, 0.1) is 0 Å². The van der Waals surface area contributed by atoms with Crippen LogP contribution in [0.25, 0.3) is 0 Å². The van der Waals surface area contributed by atoms with Gasteiger partial charge in [0.25, 0.3) is 0 Å². The third kappa shape index (κ3) is 5.05. The van der Waals surface area contributed by atoms with Crippen LogP contribution in [0.4, 0.5) is 4.79 Å². The Morgan fingerprint density at radius 2 is 2.20 bits per heavy atom. The van der Waals surface area contributed by atoms with E-state index in [1.54, 1.807) is 12.5 Å². The fourth-order valence-electron chi connectivity index (χ4n) is 1.18. The Bertz CT molecular complexity index is 271. The second-order valence-electron chi connectivity index (χ2n) is 3.34. The minimum Gasteiger partial charge on any atom is -0.338 e. The minimum absolute atomic E-state index is 0.0810. The maximum Gasteiger partial charge on any atom is 0.314 e. The third-order valence-electron chi connectivity index (χ3n) is 1.97. The van der Waals surface area contributed by atoms with E-state index in [2.05, 4.69) is 15.6 Å². The maximum absolute atomic E-state index is 11.1. The van der Waals surface area contributed by atoms with Crippen molar-refractivity contribution >= 4 is 6.03 Å². The van der Waals surface area contributed by atoms with Crippen LogP contribution in [-0.4, -0.2) is 28.7 Å². The monoisotopic (exact) mass is 210 g/mol. The number of hydrogen-bond acceptors (Lipinski definition) is 2. The van der Waals surface area contributed by atoms with Gasteiger partial charge in [0, 0.05) is 32.0 Å². The van der Waals surface area contributed by atoms with Crippen molar-refractivity contribution in [1.82, 2.24) is 20.2 Å². The maximum atomic E-state index is 11.1. The first kappa shape index (κ1) is 11.6. The van der Waals surface area contributed by atoms with Crippen molar-refractivity contribution in [3.8, 4) is 0 Å². The molecule has 0 fully saturated rings. The summed E-state index contributed by atoms with van der Waals surface area (Å²) in [6.45, 7) is 4.33. The van der Waals surface area contributed by atoms with Crippen LogP contribution >= 0.6 is 0 Å². The van der Waals surface area contributed by atoms with Gasteiger partial charge in [0.15, 0.2) is 0 Å². The molecule has 5 heteroatoms. The van der Waals surface area contributed by atoms with E-state index < -0.39 is 0 Å². The number of nitrogens with one attached hydrogen (secondary N) is 2. The molecular formula is C10H18N4O. The standard InChI is InChI=1S/C10H18N4O/c1-2-4-12-10(15)13-5-3-7-14-8-6-11-9-14/h6,8-9H,2-5,7H2,1H3,(H2,12,13,15). The fraction of sp³-hybridized carbons (Fsp3) is 0.600. The molecule has 15 heavy (non-hydrogen) atoms. The van der Waals surface area contributed by atoms with Gasteiger partial charge in [-0.15, -0.1) is 0 Å². The first-order chi connectivity index (χ1) is 7.33. The van der Waals surface area contributed by atoms with Crippen LogP contribution < -0.4 is 10.6 Å². The molecule has 0 atom stereocenters. The van der Waals surface area contributed by atoms with Crippen molar-refractivity contribution in [3.63, 3.8) is 0 Å².